The summed E-state index contributed by atoms with van der Waals surface area (Å²) in [4.78, 5) is 22.6. The number of rotatable bonds is 11. The lowest BCUT2D eigenvalue weighted by Crippen LogP contribution is -1.98. The summed E-state index contributed by atoms with van der Waals surface area (Å²) in [5, 5.41) is 0. The smallest absolute Gasteiger partial charge is 0.154 e. The van der Waals surface area contributed by atoms with Gasteiger partial charge < -0.3 is 4.74 Å². The molecule has 0 bridgehead atoms. The minimum absolute atomic E-state index is 0.534. The maximum Gasteiger partial charge on any atom is 0.154 e. The minimum atomic E-state index is 0.534. The van der Waals surface area contributed by atoms with Crippen LogP contribution in [0.15, 0.2) is 36.4 Å². The lowest BCUT2D eigenvalue weighted by Gasteiger charge is -2.14. The Bertz CT molecular complexity index is 1880. The van der Waals surface area contributed by atoms with Gasteiger partial charge in [0.2, 0.25) is 0 Å². The molecule has 0 saturated heterocycles. The van der Waals surface area contributed by atoms with Gasteiger partial charge in [0.15, 0.2) is 6.29 Å². The Balaban J connectivity index is 1.52. The summed E-state index contributed by atoms with van der Waals surface area (Å²) in [5.41, 5.74) is 6.39. The Morgan fingerprint density at radius 1 is 0.762 bits per heavy atom. The Morgan fingerprint density at radius 3 is 2.17 bits per heavy atom. The molecule has 1 aromatic carbocycles. The monoisotopic (exact) mass is 648 g/mol. The number of carbonyl (C=O) groups excluding carboxylic acids is 1. The van der Waals surface area contributed by atoms with Crippen LogP contribution in [0.2, 0.25) is 0 Å². The second-order valence-corrected chi connectivity index (χ2v) is 15.7. The van der Waals surface area contributed by atoms with Crippen molar-refractivity contribution in [1.82, 2.24) is 8.75 Å². The van der Waals surface area contributed by atoms with Crippen molar-refractivity contribution < 1.29 is 9.53 Å². The predicted octanol–water partition coefficient (Wildman–Crippen LogP) is 11.5. The van der Waals surface area contributed by atoms with Crippen LogP contribution in [0.1, 0.15) is 63.8 Å². The highest BCUT2D eigenvalue weighted by molar-refractivity contribution is 7.24. The number of methoxy groups -OCH3 is 1. The van der Waals surface area contributed by atoms with Crippen LogP contribution in [0, 0.1) is 20.8 Å². The molecular weight excluding hydrogens is 617 g/mol. The molecule has 0 fully saturated rings. The lowest BCUT2D eigenvalue weighted by molar-refractivity contribution is 0.112. The largest absolute Gasteiger partial charge is 0.495 e. The molecule has 0 unspecified atom stereocenters. The van der Waals surface area contributed by atoms with Crippen LogP contribution in [-0.4, -0.2) is 22.1 Å². The highest BCUT2D eigenvalue weighted by atomic mass is 32.1. The van der Waals surface area contributed by atoms with Crippen LogP contribution in [0.3, 0.4) is 0 Å². The fourth-order valence-electron chi connectivity index (χ4n) is 5.53. The molecule has 9 heteroatoms. The van der Waals surface area contributed by atoms with Gasteiger partial charge in [-0.15, -0.1) is 45.3 Å². The first-order valence-corrected chi connectivity index (χ1v) is 18.1. The average molecular weight is 649 g/mol. The quantitative estimate of drug-likeness (QED) is 0.104. The van der Waals surface area contributed by atoms with E-state index in [0.717, 1.165) is 51.0 Å². The Hall–Kier alpha value is -2.69. The number of nitrogens with zero attached hydrogens (tertiary/aromatic N) is 2. The molecule has 0 aliphatic carbocycles. The number of aromatic nitrogens is 2. The van der Waals surface area contributed by atoms with Crippen molar-refractivity contribution in [3.8, 4) is 46.1 Å². The molecule has 6 rings (SSSR count). The van der Waals surface area contributed by atoms with Crippen LogP contribution in [0.4, 0.5) is 0 Å². The van der Waals surface area contributed by atoms with Crippen molar-refractivity contribution >= 4 is 74.4 Å². The molecule has 4 nitrogen and oxygen atoms in total. The summed E-state index contributed by atoms with van der Waals surface area (Å²) in [6, 6.07) is 13.2. The first-order chi connectivity index (χ1) is 20.4. The highest BCUT2D eigenvalue weighted by Crippen LogP contribution is 2.51. The average Bonchev–Trinajstić information content (AvgIpc) is 3.81. The number of hydrogen-bond acceptors (Lipinski definition) is 9. The zero-order valence-electron chi connectivity index (χ0n) is 24.3. The van der Waals surface area contributed by atoms with Gasteiger partial charge in [-0.05, 0) is 81.1 Å². The van der Waals surface area contributed by atoms with E-state index in [2.05, 4.69) is 64.1 Å². The maximum atomic E-state index is 12.8. The normalized spacial score (nSPS) is 11.5. The topological polar surface area (TPSA) is 52.1 Å². The van der Waals surface area contributed by atoms with Crippen molar-refractivity contribution in [3.05, 3.63) is 62.8 Å². The van der Waals surface area contributed by atoms with Gasteiger partial charge in [0.05, 0.1) is 30.0 Å². The van der Waals surface area contributed by atoms with E-state index < -0.39 is 0 Å². The number of aryl methyl sites for hydroxylation is 4. The van der Waals surface area contributed by atoms with Crippen molar-refractivity contribution in [1.29, 1.82) is 0 Å². The highest BCUT2D eigenvalue weighted by Gasteiger charge is 2.28. The van der Waals surface area contributed by atoms with Crippen molar-refractivity contribution in [2.75, 3.05) is 7.11 Å². The number of benzene rings is 1. The third kappa shape index (κ3) is 5.42. The van der Waals surface area contributed by atoms with Gasteiger partial charge >= 0.3 is 0 Å². The van der Waals surface area contributed by atoms with Crippen LogP contribution in [0.5, 0.6) is 5.75 Å². The Labute approximate surface area is 267 Å². The molecule has 5 heterocycles. The van der Waals surface area contributed by atoms with Crippen LogP contribution >= 0.6 is 57.1 Å². The summed E-state index contributed by atoms with van der Waals surface area (Å²) >= 11 is 8.29. The molecule has 0 aliphatic heterocycles. The van der Waals surface area contributed by atoms with E-state index in [4.69, 9.17) is 13.5 Å². The summed E-state index contributed by atoms with van der Waals surface area (Å²) in [6.07, 6.45) is 6.82. The van der Waals surface area contributed by atoms with E-state index in [-0.39, 0.29) is 0 Å². The number of carbonyl (C=O) groups is 1. The van der Waals surface area contributed by atoms with Gasteiger partial charge in [-0.1, -0.05) is 26.2 Å². The zero-order valence-corrected chi connectivity index (χ0v) is 28.4. The van der Waals surface area contributed by atoms with E-state index in [1.807, 2.05) is 11.3 Å². The first kappa shape index (κ1) is 29.4. The second kappa shape index (κ2) is 12.5. The number of ether oxygens (including phenoxy) is 1. The zero-order chi connectivity index (χ0) is 29.4. The van der Waals surface area contributed by atoms with E-state index in [0.29, 0.717) is 11.3 Å². The summed E-state index contributed by atoms with van der Waals surface area (Å²) in [6.45, 7) is 8.70. The number of thiophene rings is 4. The van der Waals surface area contributed by atoms with E-state index in [1.165, 1.54) is 71.4 Å². The number of aldehydes is 1. The first-order valence-electron chi connectivity index (χ1n) is 14.1. The van der Waals surface area contributed by atoms with Crippen LogP contribution in [0.25, 0.3) is 51.4 Å². The fraction of sp³-hybridized carbons (Fsp3) is 0.303. The van der Waals surface area contributed by atoms with Gasteiger partial charge in [0, 0.05) is 44.6 Å². The Kier molecular flexibility index (Phi) is 8.75. The third-order valence-corrected chi connectivity index (χ3v) is 12.8. The molecule has 0 aliphatic rings. The van der Waals surface area contributed by atoms with Crippen LogP contribution in [-0.2, 0) is 6.42 Å². The third-order valence-electron chi connectivity index (χ3n) is 7.46. The molecule has 0 amide bonds. The molecule has 6 aromatic rings. The lowest BCUT2D eigenvalue weighted by atomic mass is 9.97. The molecule has 0 atom stereocenters. The Morgan fingerprint density at radius 2 is 1.50 bits per heavy atom. The molecule has 5 aromatic heterocycles. The van der Waals surface area contributed by atoms with E-state index in [9.17, 15) is 4.79 Å². The summed E-state index contributed by atoms with van der Waals surface area (Å²) in [7, 11) is 1.65. The van der Waals surface area contributed by atoms with Gasteiger partial charge in [-0.25, -0.2) is 0 Å². The fourth-order valence-corrected chi connectivity index (χ4v) is 10.6. The van der Waals surface area contributed by atoms with Gasteiger partial charge in [0.1, 0.15) is 16.8 Å². The molecule has 42 heavy (non-hydrogen) atoms. The van der Waals surface area contributed by atoms with E-state index in [1.54, 1.807) is 41.1 Å². The van der Waals surface area contributed by atoms with Gasteiger partial charge in [0.25, 0.3) is 0 Å². The number of hydrogen-bond donors (Lipinski definition) is 0. The molecular formula is C33H32N2O2S5. The molecule has 0 radical (unpaired) electrons. The minimum Gasteiger partial charge on any atom is -0.495 e. The van der Waals surface area contributed by atoms with Crippen molar-refractivity contribution in [2.45, 2.75) is 59.8 Å². The van der Waals surface area contributed by atoms with Crippen molar-refractivity contribution in [3.63, 3.8) is 0 Å². The second-order valence-electron chi connectivity index (χ2n) is 10.5. The SMILES string of the molecule is CCCCCCc1cc(-c2c(OC)c(C=O)c(-c3ccc(-c4sc(C)cc4C)s3)c3nsnc23)sc1-c1ccc(C)s1. The summed E-state index contributed by atoms with van der Waals surface area (Å²) < 4.78 is 15.6. The molecule has 0 N–H and O–H groups in total. The predicted molar refractivity (Wildman–Crippen MR) is 185 cm³/mol. The number of fused-ring (bicyclic) bond motifs is 1. The van der Waals surface area contributed by atoms with Crippen molar-refractivity contribution in [2.24, 2.45) is 0 Å². The molecule has 0 saturated carbocycles. The number of unbranched alkanes of at least 4 members (excludes halogenated alkanes) is 3. The standard InChI is InChI=1S/C33H32N2O2S5/c1-6-7-8-9-10-21-16-26(41-33(21)25-12-11-19(3)38-25)28-30-29(34-42-35-30)27(22(17-36)31(28)37-5)23-13-14-24(40-23)32-18(2)15-20(4)39-32/h11-17H,6-10H2,1-5H3. The van der Waals surface area contributed by atoms with Crippen LogP contribution < -0.4 is 4.74 Å². The van der Waals surface area contributed by atoms with E-state index >= 15 is 0 Å². The van der Waals surface area contributed by atoms with Gasteiger partial charge in [-0.3, -0.25) is 4.79 Å². The summed E-state index contributed by atoms with van der Waals surface area (Å²) in [5.74, 6) is 0.575. The maximum absolute atomic E-state index is 12.8. The molecule has 216 valence electrons. The van der Waals surface area contributed by atoms with Gasteiger partial charge in [-0.2, -0.15) is 8.75 Å². The molecule has 0 spiro atoms.